The van der Waals surface area contributed by atoms with Crippen LogP contribution in [0.4, 0.5) is 5.69 Å². The van der Waals surface area contributed by atoms with Gasteiger partial charge in [-0.1, -0.05) is 54.6 Å². The van der Waals surface area contributed by atoms with Crippen LogP contribution in [-0.4, -0.2) is 77.6 Å². The summed E-state index contributed by atoms with van der Waals surface area (Å²) in [6, 6.07) is 23.0. The zero-order valence-corrected chi connectivity index (χ0v) is 22.5. The van der Waals surface area contributed by atoms with Gasteiger partial charge in [0.1, 0.15) is 18.0 Å². The fraction of sp³-hybridized carbons (Fsp3) is 0.276. The predicted octanol–water partition coefficient (Wildman–Crippen LogP) is 3.76. The van der Waals surface area contributed by atoms with Crippen LogP contribution in [0.3, 0.4) is 0 Å². The number of ether oxygens (including phenoxy) is 2. The smallest absolute Gasteiger partial charge is 0.264 e. The molecule has 0 bridgehead atoms. The molecule has 0 spiro atoms. The van der Waals surface area contributed by atoms with E-state index in [1.165, 1.54) is 26.4 Å². The topological polar surface area (TPSA) is 79.4 Å². The van der Waals surface area contributed by atoms with Gasteiger partial charge < -0.3 is 14.4 Å². The normalized spacial score (nSPS) is 14.4. The van der Waals surface area contributed by atoms with Gasteiger partial charge in [0.05, 0.1) is 24.8 Å². The van der Waals surface area contributed by atoms with E-state index in [1.807, 2.05) is 18.2 Å². The molecule has 9 heteroatoms. The van der Waals surface area contributed by atoms with Crippen molar-refractivity contribution in [2.24, 2.45) is 0 Å². The van der Waals surface area contributed by atoms with Crippen LogP contribution < -0.4 is 13.8 Å². The number of carbonyl (C=O) groups excluding carboxylic acids is 1. The number of anilines is 1. The van der Waals surface area contributed by atoms with Gasteiger partial charge in [0.25, 0.3) is 10.0 Å². The Morgan fingerprint density at radius 3 is 2.18 bits per heavy atom. The fourth-order valence-electron chi connectivity index (χ4n) is 4.32. The molecule has 3 aromatic rings. The fourth-order valence-corrected chi connectivity index (χ4v) is 5.74. The lowest BCUT2D eigenvalue weighted by molar-refractivity contribution is -0.131. The largest absolute Gasteiger partial charge is 0.497 e. The zero-order valence-electron chi connectivity index (χ0n) is 21.7. The maximum atomic E-state index is 13.7. The summed E-state index contributed by atoms with van der Waals surface area (Å²) >= 11 is 0. The molecule has 1 aliphatic heterocycles. The number of rotatable bonds is 10. The molecule has 0 N–H and O–H groups in total. The minimum absolute atomic E-state index is 0.0621. The number of sulfonamides is 1. The van der Waals surface area contributed by atoms with Gasteiger partial charge in [0.2, 0.25) is 5.91 Å². The van der Waals surface area contributed by atoms with Crippen molar-refractivity contribution in [1.82, 2.24) is 9.80 Å². The first-order valence-electron chi connectivity index (χ1n) is 12.4. The van der Waals surface area contributed by atoms with Crippen molar-refractivity contribution < 1.29 is 22.7 Å². The van der Waals surface area contributed by atoms with Gasteiger partial charge >= 0.3 is 0 Å². The lowest BCUT2D eigenvalue weighted by Gasteiger charge is -2.35. The van der Waals surface area contributed by atoms with E-state index in [-0.39, 0.29) is 17.3 Å². The second kappa shape index (κ2) is 12.6. The van der Waals surface area contributed by atoms with Gasteiger partial charge in [-0.25, -0.2) is 8.42 Å². The lowest BCUT2D eigenvalue weighted by atomic mass is 10.2. The number of carbonyl (C=O) groups is 1. The summed E-state index contributed by atoms with van der Waals surface area (Å²) in [5, 5.41) is 0. The molecule has 1 aliphatic rings. The lowest BCUT2D eigenvalue weighted by Crippen LogP contribution is -2.51. The first-order valence-corrected chi connectivity index (χ1v) is 13.9. The molecular weight excluding hydrogens is 502 g/mol. The molecular formula is C29H33N3O5S. The number of benzene rings is 3. The van der Waals surface area contributed by atoms with E-state index in [0.29, 0.717) is 43.4 Å². The molecule has 4 rings (SSSR count). The van der Waals surface area contributed by atoms with Crippen molar-refractivity contribution in [2.75, 3.05) is 57.8 Å². The average molecular weight is 536 g/mol. The van der Waals surface area contributed by atoms with Gasteiger partial charge in [-0.2, -0.15) is 0 Å². The molecule has 0 atom stereocenters. The van der Waals surface area contributed by atoms with Crippen LogP contribution in [0.5, 0.6) is 11.5 Å². The summed E-state index contributed by atoms with van der Waals surface area (Å²) in [6.07, 6.45) is 4.21. The Hall–Kier alpha value is -3.82. The number of hydrogen-bond donors (Lipinski definition) is 0. The molecule has 1 amide bonds. The van der Waals surface area contributed by atoms with Crippen LogP contribution >= 0.6 is 0 Å². The molecule has 1 fully saturated rings. The minimum atomic E-state index is -4.06. The van der Waals surface area contributed by atoms with Crippen LogP contribution in [0, 0.1) is 0 Å². The monoisotopic (exact) mass is 535 g/mol. The van der Waals surface area contributed by atoms with E-state index in [1.54, 1.807) is 41.3 Å². The molecule has 0 saturated carbocycles. The van der Waals surface area contributed by atoms with Crippen LogP contribution in [-0.2, 0) is 14.8 Å². The first kappa shape index (κ1) is 27.2. The third-order valence-electron chi connectivity index (χ3n) is 6.48. The summed E-state index contributed by atoms with van der Waals surface area (Å²) in [4.78, 5) is 17.5. The van der Waals surface area contributed by atoms with Crippen LogP contribution in [0.2, 0.25) is 0 Å². The highest BCUT2D eigenvalue weighted by molar-refractivity contribution is 7.92. The number of para-hydroxylation sites is 2. The number of hydrogen-bond acceptors (Lipinski definition) is 6. The number of amides is 1. The third kappa shape index (κ3) is 6.54. The highest BCUT2D eigenvalue weighted by Crippen LogP contribution is 2.32. The van der Waals surface area contributed by atoms with Gasteiger partial charge in [0, 0.05) is 32.7 Å². The maximum Gasteiger partial charge on any atom is 0.264 e. The van der Waals surface area contributed by atoms with Crippen molar-refractivity contribution >= 4 is 27.7 Å². The Morgan fingerprint density at radius 1 is 0.868 bits per heavy atom. The van der Waals surface area contributed by atoms with Crippen molar-refractivity contribution in [1.29, 1.82) is 0 Å². The average Bonchev–Trinajstić information content (AvgIpc) is 2.96. The van der Waals surface area contributed by atoms with E-state index in [4.69, 9.17) is 9.47 Å². The first-order chi connectivity index (χ1) is 18.4. The standard InChI is InChI=1S/C29H33N3O5S/c1-36-25-14-16-26(17-15-25)38(34,35)32(27-12-6-7-13-28(27)37-2)23-29(33)31-21-19-30(20-22-31)18-8-11-24-9-4-3-5-10-24/h3-17H,18-23H2,1-2H3/b11-8+. The highest BCUT2D eigenvalue weighted by Gasteiger charge is 2.31. The van der Waals surface area contributed by atoms with Crippen molar-refractivity contribution in [3.8, 4) is 11.5 Å². The third-order valence-corrected chi connectivity index (χ3v) is 8.25. The molecule has 0 unspecified atom stereocenters. The van der Waals surface area contributed by atoms with Crippen LogP contribution in [0.15, 0.2) is 89.8 Å². The summed E-state index contributed by atoms with van der Waals surface area (Å²) < 4.78 is 39.2. The van der Waals surface area contributed by atoms with Gasteiger partial charge in [-0.15, -0.1) is 0 Å². The van der Waals surface area contributed by atoms with Crippen LogP contribution in [0.25, 0.3) is 6.08 Å². The van der Waals surface area contributed by atoms with Crippen molar-refractivity contribution in [3.05, 3.63) is 90.5 Å². The van der Waals surface area contributed by atoms with Crippen molar-refractivity contribution in [2.45, 2.75) is 4.90 Å². The quantitative estimate of drug-likeness (QED) is 0.394. The molecule has 38 heavy (non-hydrogen) atoms. The molecule has 0 aliphatic carbocycles. The second-order valence-corrected chi connectivity index (χ2v) is 10.7. The predicted molar refractivity (Wildman–Crippen MR) is 149 cm³/mol. The maximum absolute atomic E-state index is 13.7. The molecule has 1 heterocycles. The Bertz CT molecular complexity index is 1340. The van der Waals surface area contributed by atoms with Gasteiger partial charge in [-0.05, 0) is 42.0 Å². The number of nitrogens with zero attached hydrogens (tertiary/aromatic N) is 3. The summed E-state index contributed by atoms with van der Waals surface area (Å²) in [5.74, 6) is 0.653. The molecule has 0 aromatic heterocycles. The van der Waals surface area contributed by atoms with Crippen molar-refractivity contribution in [3.63, 3.8) is 0 Å². The molecule has 1 saturated heterocycles. The van der Waals surface area contributed by atoms with Gasteiger partial charge in [-0.3, -0.25) is 14.0 Å². The SMILES string of the molecule is COc1ccc(S(=O)(=O)N(CC(=O)N2CCN(C/C=C/c3ccccc3)CC2)c2ccccc2OC)cc1. The van der Waals surface area contributed by atoms with E-state index < -0.39 is 10.0 Å². The second-order valence-electron chi connectivity index (χ2n) is 8.85. The minimum Gasteiger partial charge on any atom is -0.497 e. The Labute approximate surface area is 224 Å². The van der Waals surface area contributed by atoms with E-state index >= 15 is 0 Å². The molecule has 200 valence electrons. The molecule has 0 radical (unpaired) electrons. The number of methoxy groups -OCH3 is 2. The Morgan fingerprint density at radius 2 is 1.53 bits per heavy atom. The number of piperazine rings is 1. The van der Waals surface area contributed by atoms with Gasteiger partial charge in [0.15, 0.2) is 0 Å². The Balaban J connectivity index is 1.47. The highest BCUT2D eigenvalue weighted by atomic mass is 32.2. The summed E-state index contributed by atoms with van der Waals surface area (Å²) in [7, 11) is -1.07. The van der Waals surface area contributed by atoms with E-state index in [9.17, 15) is 13.2 Å². The van der Waals surface area contributed by atoms with E-state index in [2.05, 4.69) is 29.2 Å². The van der Waals surface area contributed by atoms with E-state index in [0.717, 1.165) is 16.4 Å². The summed E-state index contributed by atoms with van der Waals surface area (Å²) in [5.41, 5.74) is 1.46. The zero-order chi connectivity index (χ0) is 27.0. The molecule has 3 aromatic carbocycles. The summed E-state index contributed by atoms with van der Waals surface area (Å²) in [6.45, 7) is 2.94. The molecule has 8 nitrogen and oxygen atoms in total. The van der Waals surface area contributed by atoms with Crippen LogP contribution in [0.1, 0.15) is 5.56 Å². The Kier molecular flexibility index (Phi) is 9.04.